The smallest absolute Gasteiger partial charge is 0.362 e. The van der Waals surface area contributed by atoms with Crippen molar-refractivity contribution < 1.29 is 18.4 Å². The number of ketones is 1. The molecular formula is C20H33N2O4P. The normalized spacial score (nSPS) is 12.7. The van der Waals surface area contributed by atoms with Crippen molar-refractivity contribution in [3.8, 4) is 0 Å². The fraction of sp³-hybridized carbons (Fsp3) is 0.600. The molecule has 27 heavy (non-hydrogen) atoms. The Morgan fingerprint density at radius 2 is 1.74 bits per heavy atom. The van der Waals surface area contributed by atoms with E-state index in [-0.39, 0.29) is 17.5 Å². The summed E-state index contributed by atoms with van der Waals surface area (Å²) >= 11 is 0. The molecule has 0 fully saturated rings. The summed E-state index contributed by atoms with van der Waals surface area (Å²) in [5.74, 6) is -0.342. The molecule has 0 bridgehead atoms. The fourth-order valence-corrected chi connectivity index (χ4v) is 5.02. The van der Waals surface area contributed by atoms with Gasteiger partial charge in [0.15, 0.2) is 5.78 Å². The standard InChI is InChI=1S/C20H33N2O4P/c1-5-7-12-25-27(24,26-13-8-6-2)20-17(15(3)14-19(21)22)10-9-11-18(20)16(4)23/h9-11,15H,5-8,12-14H2,1-4H3,(H3,21,22). The van der Waals surface area contributed by atoms with Crippen LogP contribution in [0.15, 0.2) is 18.2 Å². The maximum atomic E-state index is 13.8. The summed E-state index contributed by atoms with van der Waals surface area (Å²) in [5, 5.41) is 7.92. The lowest BCUT2D eigenvalue weighted by atomic mass is 9.94. The second-order valence-electron chi connectivity index (χ2n) is 6.80. The van der Waals surface area contributed by atoms with Crippen LogP contribution in [0.2, 0.25) is 0 Å². The van der Waals surface area contributed by atoms with Crippen LogP contribution in [0.1, 0.15) is 81.6 Å². The molecule has 7 heteroatoms. The van der Waals surface area contributed by atoms with Gasteiger partial charge in [-0.1, -0.05) is 51.8 Å². The monoisotopic (exact) mass is 396 g/mol. The van der Waals surface area contributed by atoms with E-state index in [1.165, 1.54) is 6.92 Å². The number of Topliss-reactive ketones (excluding diaryl/α,β-unsaturated/α-hetero) is 1. The molecule has 1 unspecified atom stereocenters. The summed E-state index contributed by atoms with van der Waals surface area (Å²) in [7, 11) is -3.69. The van der Waals surface area contributed by atoms with E-state index in [2.05, 4.69) is 0 Å². The maximum absolute atomic E-state index is 13.8. The SMILES string of the molecule is CCCCOP(=O)(OCCCC)c1c(C(C)=O)cccc1C(C)CC(=N)N. The molecule has 0 spiro atoms. The molecule has 3 N–H and O–H groups in total. The van der Waals surface area contributed by atoms with Crippen LogP contribution in [-0.2, 0) is 13.6 Å². The average molecular weight is 396 g/mol. The number of amidine groups is 1. The molecule has 0 aliphatic rings. The molecule has 0 aliphatic heterocycles. The molecular weight excluding hydrogens is 363 g/mol. The Morgan fingerprint density at radius 3 is 2.19 bits per heavy atom. The van der Waals surface area contributed by atoms with Gasteiger partial charge in [-0.25, -0.2) is 0 Å². The van der Waals surface area contributed by atoms with E-state index in [0.717, 1.165) is 25.7 Å². The molecule has 0 amide bonds. The van der Waals surface area contributed by atoms with Gasteiger partial charge in [0.2, 0.25) is 0 Å². The first-order valence-corrected chi connectivity index (χ1v) is 11.2. The molecule has 1 aromatic rings. The second kappa shape index (κ2) is 11.4. The number of rotatable bonds is 13. The third-order valence-electron chi connectivity index (χ3n) is 4.30. The first kappa shape index (κ1) is 23.5. The molecule has 0 heterocycles. The third kappa shape index (κ3) is 6.87. The zero-order chi connectivity index (χ0) is 20.4. The van der Waals surface area contributed by atoms with Gasteiger partial charge < -0.3 is 14.8 Å². The molecule has 0 saturated heterocycles. The van der Waals surface area contributed by atoms with E-state index < -0.39 is 7.60 Å². The van der Waals surface area contributed by atoms with Crippen LogP contribution in [0.25, 0.3) is 0 Å². The maximum Gasteiger partial charge on any atom is 0.362 e. The Balaban J connectivity index is 3.48. The highest BCUT2D eigenvalue weighted by Gasteiger charge is 2.35. The van der Waals surface area contributed by atoms with E-state index in [4.69, 9.17) is 20.2 Å². The van der Waals surface area contributed by atoms with Crippen LogP contribution < -0.4 is 11.0 Å². The molecule has 152 valence electrons. The van der Waals surface area contributed by atoms with E-state index >= 15 is 0 Å². The largest absolute Gasteiger partial charge is 0.388 e. The van der Waals surface area contributed by atoms with Crippen LogP contribution >= 0.6 is 7.60 Å². The lowest BCUT2D eigenvalue weighted by Crippen LogP contribution is -2.25. The highest BCUT2D eigenvalue weighted by atomic mass is 31.2. The van der Waals surface area contributed by atoms with Crippen molar-refractivity contribution in [2.45, 2.75) is 65.7 Å². The van der Waals surface area contributed by atoms with Crippen LogP contribution in [0, 0.1) is 5.41 Å². The molecule has 6 nitrogen and oxygen atoms in total. The summed E-state index contributed by atoms with van der Waals surface area (Å²) < 4.78 is 25.4. The Morgan fingerprint density at radius 1 is 1.19 bits per heavy atom. The van der Waals surface area contributed by atoms with E-state index in [9.17, 15) is 9.36 Å². The van der Waals surface area contributed by atoms with E-state index in [1.807, 2.05) is 26.8 Å². The lowest BCUT2D eigenvalue weighted by molar-refractivity contribution is 0.101. The third-order valence-corrected chi connectivity index (χ3v) is 6.39. The van der Waals surface area contributed by atoms with Gasteiger partial charge in [-0.05, 0) is 31.2 Å². The minimum atomic E-state index is -3.69. The zero-order valence-electron chi connectivity index (χ0n) is 16.9. The van der Waals surface area contributed by atoms with Crippen LogP contribution in [0.5, 0.6) is 0 Å². The van der Waals surface area contributed by atoms with Crippen molar-refractivity contribution in [3.05, 3.63) is 29.3 Å². The van der Waals surface area contributed by atoms with Crippen LogP contribution in [0.4, 0.5) is 0 Å². The van der Waals surface area contributed by atoms with Crippen molar-refractivity contribution in [2.75, 3.05) is 13.2 Å². The predicted molar refractivity (Wildman–Crippen MR) is 110 cm³/mol. The number of hydrogen-bond donors (Lipinski definition) is 2. The Labute approximate surface area is 162 Å². The Hall–Kier alpha value is -1.49. The van der Waals surface area contributed by atoms with Gasteiger partial charge in [0.1, 0.15) is 0 Å². The second-order valence-corrected chi connectivity index (χ2v) is 8.76. The summed E-state index contributed by atoms with van der Waals surface area (Å²) in [4.78, 5) is 12.3. The topological polar surface area (TPSA) is 102 Å². The summed E-state index contributed by atoms with van der Waals surface area (Å²) in [6.45, 7) is 7.98. The number of carbonyl (C=O) groups excluding carboxylic acids is 1. The van der Waals surface area contributed by atoms with Crippen molar-refractivity contribution in [3.63, 3.8) is 0 Å². The van der Waals surface area contributed by atoms with Gasteiger partial charge >= 0.3 is 7.60 Å². The van der Waals surface area contributed by atoms with Gasteiger partial charge in [0.05, 0.1) is 24.4 Å². The quantitative estimate of drug-likeness (QED) is 0.164. The Bertz CT molecular complexity index is 677. The summed E-state index contributed by atoms with van der Waals surface area (Å²) in [5.41, 5.74) is 6.60. The van der Waals surface area contributed by atoms with Crippen molar-refractivity contribution in [2.24, 2.45) is 5.73 Å². The van der Waals surface area contributed by atoms with Gasteiger partial charge in [-0.15, -0.1) is 0 Å². The van der Waals surface area contributed by atoms with Crippen molar-refractivity contribution >= 4 is 24.5 Å². The molecule has 0 aromatic heterocycles. The van der Waals surface area contributed by atoms with Gasteiger partial charge in [0, 0.05) is 12.0 Å². The van der Waals surface area contributed by atoms with Gasteiger partial charge in [-0.2, -0.15) is 0 Å². The number of benzene rings is 1. The molecule has 1 atom stereocenters. The molecule has 0 aliphatic carbocycles. The molecule has 0 radical (unpaired) electrons. The van der Waals surface area contributed by atoms with E-state index in [1.54, 1.807) is 12.1 Å². The lowest BCUT2D eigenvalue weighted by Gasteiger charge is -2.25. The summed E-state index contributed by atoms with van der Waals surface area (Å²) in [6.07, 6.45) is 3.61. The molecule has 0 saturated carbocycles. The van der Waals surface area contributed by atoms with E-state index in [0.29, 0.717) is 36.1 Å². The number of nitrogens with two attached hydrogens (primary N) is 1. The number of carbonyl (C=O) groups is 1. The highest BCUT2D eigenvalue weighted by Crippen LogP contribution is 2.50. The first-order valence-electron chi connectivity index (χ1n) is 9.63. The number of nitrogens with one attached hydrogen (secondary N) is 1. The van der Waals surface area contributed by atoms with Crippen LogP contribution in [0.3, 0.4) is 0 Å². The van der Waals surface area contributed by atoms with Crippen molar-refractivity contribution in [1.29, 1.82) is 5.41 Å². The summed E-state index contributed by atoms with van der Waals surface area (Å²) in [6, 6.07) is 5.23. The highest BCUT2D eigenvalue weighted by molar-refractivity contribution is 7.62. The predicted octanol–water partition coefficient (Wildman–Crippen LogP) is 4.77. The molecule has 1 rings (SSSR count). The molecule has 1 aromatic carbocycles. The fourth-order valence-electron chi connectivity index (χ4n) is 2.81. The minimum absolute atomic E-state index is 0.0373. The zero-order valence-corrected chi connectivity index (χ0v) is 17.8. The number of hydrogen-bond acceptors (Lipinski definition) is 5. The Kier molecular flexibility index (Phi) is 9.92. The van der Waals surface area contributed by atoms with Gasteiger partial charge in [-0.3, -0.25) is 14.8 Å². The number of unbranched alkanes of at least 4 members (excludes halogenated alkanes) is 2. The van der Waals surface area contributed by atoms with Crippen molar-refractivity contribution in [1.82, 2.24) is 0 Å². The average Bonchev–Trinajstić information content (AvgIpc) is 2.61. The minimum Gasteiger partial charge on any atom is -0.388 e. The van der Waals surface area contributed by atoms with Crippen LogP contribution in [-0.4, -0.2) is 24.8 Å². The van der Waals surface area contributed by atoms with Gasteiger partial charge in [0.25, 0.3) is 0 Å². The first-order chi connectivity index (χ1) is 12.8.